The van der Waals surface area contributed by atoms with Crippen molar-refractivity contribution in [3.05, 3.63) is 29.6 Å². The monoisotopic (exact) mass is 279 g/mol. The molecule has 112 valence electrons. The van der Waals surface area contributed by atoms with E-state index in [2.05, 4.69) is 15.6 Å². The van der Waals surface area contributed by atoms with E-state index in [0.717, 1.165) is 11.3 Å². The average molecular weight is 279 g/mol. The molecule has 1 heterocycles. The molecule has 0 saturated heterocycles. The summed E-state index contributed by atoms with van der Waals surface area (Å²) in [5.41, 5.74) is 1.94. The summed E-state index contributed by atoms with van der Waals surface area (Å²) in [7, 11) is 0. The summed E-state index contributed by atoms with van der Waals surface area (Å²) in [4.78, 5) is 16.4. The minimum absolute atomic E-state index is 0.0567. The summed E-state index contributed by atoms with van der Waals surface area (Å²) in [5, 5.41) is 14.8. The number of hydrogen-bond donors (Lipinski definition) is 3. The number of carbonyl (C=O) groups is 1. The third-order valence-electron chi connectivity index (χ3n) is 3.35. The summed E-state index contributed by atoms with van der Waals surface area (Å²) in [5.74, 6) is 0.226. The Morgan fingerprint density at radius 1 is 1.40 bits per heavy atom. The average Bonchev–Trinajstić information content (AvgIpc) is 2.43. The molecule has 1 aromatic rings. The third-order valence-corrected chi connectivity index (χ3v) is 3.35. The molecule has 0 aliphatic carbocycles. The number of carbonyl (C=O) groups excluding carboxylic acids is 1. The van der Waals surface area contributed by atoms with Crippen molar-refractivity contribution in [3.63, 3.8) is 0 Å². The van der Waals surface area contributed by atoms with Gasteiger partial charge in [-0.25, -0.2) is 4.79 Å². The minimum atomic E-state index is -0.269. The molecule has 5 heteroatoms. The Bertz CT molecular complexity index is 431. The first-order chi connectivity index (χ1) is 9.49. The quantitative estimate of drug-likeness (QED) is 0.747. The molecule has 1 rings (SSSR count). The second-order valence-corrected chi connectivity index (χ2v) is 5.33. The van der Waals surface area contributed by atoms with Crippen LogP contribution in [0.3, 0.4) is 0 Å². The molecule has 0 saturated carbocycles. The Hall–Kier alpha value is -1.62. The van der Waals surface area contributed by atoms with Crippen molar-refractivity contribution < 1.29 is 9.90 Å². The fourth-order valence-electron chi connectivity index (χ4n) is 2.02. The number of pyridine rings is 1. The van der Waals surface area contributed by atoms with Gasteiger partial charge in [0.15, 0.2) is 0 Å². The van der Waals surface area contributed by atoms with E-state index in [4.69, 9.17) is 5.11 Å². The number of aromatic nitrogens is 1. The fraction of sp³-hybridized carbons (Fsp3) is 0.600. The van der Waals surface area contributed by atoms with Crippen LogP contribution in [0.4, 0.5) is 4.79 Å². The van der Waals surface area contributed by atoms with Crippen LogP contribution in [0.25, 0.3) is 0 Å². The molecule has 0 bridgehead atoms. The smallest absolute Gasteiger partial charge is 0.315 e. The summed E-state index contributed by atoms with van der Waals surface area (Å²) < 4.78 is 0. The van der Waals surface area contributed by atoms with E-state index in [1.165, 1.54) is 0 Å². The Kier molecular flexibility index (Phi) is 6.45. The Balaban J connectivity index is 2.79. The highest BCUT2D eigenvalue weighted by Gasteiger charge is 2.22. The van der Waals surface area contributed by atoms with Crippen LogP contribution < -0.4 is 10.6 Å². The second kappa shape index (κ2) is 7.85. The first-order valence-corrected chi connectivity index (χ1v) is 7.09. The van der Waals surface area contributed by atoms with Crippen molar-refractivity contribution in [1.29, 1.82) is 0 Å². The maximum Gasteiger partial charge on any atom is 0.315 e. The molecule has 0 aliphatic rings. The molecule has 2 atom stereocenters. The zero-order chi connectivity index (χ0) is 15.1. The Morgan fingerprint density at radius 3 is 2.60 bits per heavy atom. The number of nitrogens with one attached hydrogen (secondary N) is 2. The number of amides is 2. The molecule has 0 spiro atoms. The maximum atomic E-state index is 12.0. The standard InChI is InChI=1S/C15H25N3O2/c1-5-12(9-19)17-15(20)18-13(10(2)3)14-11(4)7-6-8-16-14/h6-8,10,12-13,19H,5,9H2,1-4H3,(H2,17,18,20). The van der Waals surface area contributed by atoms with E-state index >= 15 is 0 Å². The highest BCUT2D eigenvalue weighted by atomic mass is 16.3. The molecular weight excluding hydrogens is 254 g/mol. The predicted molar refractivity (Wildman–Crippen MR) is 79.4 cm³/mol. The number of nitrogens with zero attached hydrogens (tertiary/aromatic N) is 1. The van der Waals surface area contributed by atoms with Gasteiger partial charge in [-0.2, -0.15) is 0 Å². The van der Waals surface area contributed by atoms with E-state index in [9.17, 15) is 4.79 Å². The Labute approximate surface area is 120 Å². The third kappa shape index (κ3) is 4.49. The van der Waals surface area contributed by atoms with Gasteiger partial charge in [0.05, 0.1) is 24.4 Å². The lowest BCUT2D eigenvalue weighted by atomic mass is 9.97. The molecule has 0 fully saturated rings. The Morgan fingerprint density at radius 2 is 2.10 bits per heavy atom. The fourth-order valence-corrected chi connectivity index (χ4v) is 2.02. The highest BCUT2D eigenvalue weighted by Crippen LogP contribution is 2.22. The van der Waals surface area contributed by atoms with Gasteiger partial charge in [-0.1, -0.05) is 26.8 Å². The molecule has 1 aromatic heterocycles. The molecule has 20 heavy (non-hydrogen) atoms. The minimum Gasteiger partial charge on any atom is -0.394 e. The van der Waals surface area contributed by atoms with E-state index in [0.29, 0.717) is 6.42 Å². The van der Waals surface area contributed by atoms with Crippen LogP contribution in [0.5, 0.6) is 0 Å². The molecule has 2 unspecified atom stereocenters. The van der Waals surface area contributed by atoms with Crippen LogP contribution >= 0.6 is 0 Å². The van der Waals surface area contributed by atoms with Crippen molar-refractivity contribution in [2.45, 2.75) is 46.2 Å². The van der Waals surface area contributed by atoms with Gasteiger partial charge in [-0.05, 0) is 30.9 Å². The van der Waals surface area contributed by atoms with Crippen molar-refractivity contribution in [2.75, 3.05) is 6.61 Å². The van der Waals surface area contributed by atoms with Gasteiger partial charge in [0, 0.05) is 6.20 Å². The molecule has 0 aliphatic heterocycles. The number of urea groups is 1. The van der Waals surface area contributed by atoms with Crippen LogP contribution in [0.15, 0.2) is 18.3 Å². The molecule has 2 amide bonds. The number of aryl methyl sites for hydroxylation is 1. The van der Waals surface area contributed by atoms with Crippen LogP contribution in [0.2, 0.25) is 0 Å². The number of aliphatic hydroxyl groups excluding tert-OH is 1. The zero-order valence-electron chi connectivity index (χ0n) is 12.7. The second-order valence-electron chi connectivity index (χ2n) is 5.33. The van der Waals surface area contributed by atoms with Crippen molar-refractivity contribution in [2.24, 2.45) is 5.92 Å². The first-order valence-electron chi connectivity index (χ1n) is 7.09. The van der Waals surface area contributed by atoms with E-state index < -0.39 is 0 Å². The summed E-state index contributed by atoms with van der Waals surface area (Å²) in [6, 6.07) is 3.24. The first kappa shape index (κ1) is 16.4. The molecule has 0 radical (unpaired) electrons. The summed E-state index contributed by atoms with van der Waals surface area (Å²) >= 11 is 0. The van der Waals surface area contributed by atoms with Crippen molar-refractivity contribution in [1.82, 2.24) is 15.6 Å². The molecule has 5 nitrogen and oxygen atoms in total. The highest BCUT2D eigenvalue weighted by molar-refractivity contribution is 5.74. The largest absolute Gasteiger partial charge is 0.394 e. The molecule has 0 aromatic carbocycles. The van der Waals surface area contributed by atoms with E-state index in [-0.39, 0.29) is 30.6 Å². The van der Waals surface area contributed by atoms with Crippen LogP contribution in [0, 0.1) is 12.8 Å². The van der Waals surface area contributed by atoms with Gasteiger partial charge in [-0.3, -0.25) is 4.98 Å². The number of aliphatic hydroxyl groups is 1. The maximum absolute atomic E-state index is 12.0. The van der Waals surface area contributed by atoms with Gasteiger partial charge in [-0.15, -0.1) is 0 Å². The van der Waals surface area contributed by atoms with Gasteiger partial charge in [0.25, 0.3) is 0 Å². The van der Waals surface area contributed by atoms with Gasteiger partial charge < -0.3 is 15.7 Å². The lowest BCUT2D eigenvalue weighted by Crippen LogP contribution is -2.46. The number of rotatable bonds is 6. The predicted octanol–water partition coefficient (Wildman–Crippen LogP) is 2.16. The summed E-state index contributed by atoms with van der Waals surface area (Å²) in [6.07, 6.45) is 2.43. The van der Waals surface area contributed by atoms with E-state index in [1.807, 2.05) is 39.8 Å². The molecular formula is C15H25N3O2. The zero-order valence-corrected chi connectivity index (χ0v) is 12.7. The van der Waals surface area contributed by atoms with Crippen LogP contribution in [-0.2, 0) is 0 Å². The molecule has 3 N–H and O–H groups in total. The van der Waals surface area contributed by atoms with Crippen molar-refractivity contribution in [3.8, 4) is 0 Å². The van der Waals surface area contributed by atoms with Crippen LogP contribution in [-0.4, -0.2) is 28.8 Å². The lowest BCUT2D eigenvalue weighted by Gasteiger charge is -2.25. The van der Waals surface area contributed by atoms with Crippen LogP contribution in [0.1, 0.15) is 44.5 Å². The lowest BCUT2D eigenvalue weighted by molar-refractivity contribution is 0.209. The topological polar surface area (TPSA) is 74.2 Å². The summed E-state index contributed by atoms with van der Waals surface area (Å²) in [6.45, 7) is 7.94. The van der Waals surface area contributed by atoms with Gasteiger partial charge >= 0.3 is 6.03 Å². The normalized spacial score (nSPS) is 13.9. The number of hydrogen-bond acceptors (Lipinski definition) is 3. The SMILES string of the molecule is CCC(CO)NC(=O)NC(c1ncccc1C)C(C)C. The van der Waals surface area contributed by atoms with Crippen molar-refractivity contribution >= 4 is 6.03 Å². The van der Waals surface area contributed by atoms with E-state index in [1.54, 1.807) is 6.20 Å². The van der Waals surface area contributed by atoms with Gasteiger partial charge in [0.2, 0.25) is 0 Å². The van der Waals surface area contributed by atoms with Gasteiger partial charge in [0.1, 0.15) is 0 Å².